The summed E-state index contributed by atoms with van der Waals surface area (Å²) in [7, 11) is 1.88. The second-order valence-corrected chi connectivity index (χ2v) is 3.66. The first-order valence-corrected chi connectivity index (χ1v) is 5.24. The molecule has 0 bridgehead atoms. The van der Waals surface area contributed by atoms with Crippen LogP contribution in [0.15, 0.2) is 30.7 Å². The summed E-state index contributed by atoms with van der Waals surface area (Å²) >= 11 is 0. The molecular formula is C11H15N5. The van der Waals surface area contributed by atoms with Gasteiger partial charge in [0.15, 0.2) is 0 Å². The molecule has 0 aliphatic rings. The maximum atomic E-state index is 4.30. The Bertz CT molecular complexity index is 437. The van der Waals surface area contributed by atoms with Gasteiger partial charge in [-0.2, -0.15) is 5.10 Å². The van der Waals surface area contributed by atoms with E-state index in [1.54, 1.807) is 17.2 Å². The Labute approximate surface area is 94.5 Å². The molecule has 2 aromatic rings. The van der Waals surface area contributed by atoms with Crippen LogP contribution in [-0.4, -0.2) is 19.7 Å². The molecule has 16 heavy (non-hydrogen) atoms. The topological polar surface area (TPSA) is 55.6 Å². The van der Waals surface area contributed by atoms with Gasteiger partial charge in [0.2, 0.25) is 0 Å². The van der Waals surface area contributed by atoms with Crippen LogP contribution in [0.1, 0.15) is 24.5 Å². The highest BCUT2D eigenvalue weighted by Crippen LogP contribution is 2.08. The van der Waals surface area contributed by atoms with Crippen molar-refractivity contribution in [3.63, 3.8) is 0 Å². The molecule has 0 aliphatic heterocycles. The van der Waals surface area contributed by atoms with Gasteiger partial charge in [0, 0.05) is 19.3 Å². The molecule has 1 atom stereocenters. The lowest BCUT2D eigenvalue weighted by Crippen LogP contribution is -2.21. The van der Waals surface area contributed by atoms with Crippen LogP contribution in [0.4, 0.5) is 0 Å². The van der Waals surface area contributed by atoms with Gasteiger partial charge in [0.25, 0.3) is 0 Å². The van der Waals surface area contributed by atoms with E-state index in [2.05, 4.69) is 27.3 Å². The third-order valence-corrected chi connectivity index (χ3v) is 2.50. The van der Waals surface area contributed by atoms with Gasteiger partial charge in [-0.05, 0) is 19.1 Å². The van der Waals surface area contributed by atoms with Gasteiger partial charge in [-0.25, -0.2) is 4.98 Å². The SMILES string of the molecule is CC(NCc1ncnn1C)c1ccccn1. The van der Waals surface area contributed by atoms with Crippen LogP contribution in [0.25, 0.3) is 0 Å². The van der Waals surface area contributed by atoms with Gasteiger partial charge in [0.1, 0.15) is 12.2 Å². The largest absolute Gasteiger partial charge is 0.302 e. The number of aryl methyl sites for hydroxylation is 1. The number of rotatable bonds is 4. The second-order valence-electron chi connectivity index (χ2n) is 3.66. The molecule has 0 radical (unpaired) electrons. The van der Waals surface area contributed by atoms with Gasteiger partial charge < -0.3 is 5.32 Å². The van der Waals surface area contributed by atoms with E-state index in [1.165, 1.54) is 0 Å². The van der Waals surface area contributed by atoms with Crippen molar-refractivity contribution in [1.29, 1.82) is 0 Å². The van der Waals surface area contributed by atoms with Crippen LogP contribution in [0.2, 0.25) is 0 Å². The van der Waals surface area contributed by atoms with Gasteiger partial charge in [-0.3, -0.25) is 9.67 Å². The zero-order valence-corrected chi connectivity index (χ0v) is 9.46. The average molecular weight is 217 g/mol. The van der Waals surface area contributed by atoms with Crippen LogP contribution in [0, 0.1) is 0 Å². The number of aromatic nitrogens is 4. The zero-order chi connectivity index (χ0) is 11.4. The predicted molar refractivity (Wildman–Crippen MR) is 60.5 cm³/mol. The van der Waals surface area contributed by atoms with Crippen LogP contribution in [-0.2, 0) is 13.6 Å². The smallest absolute Gasteiger partial charge is 0.140 e. The molecule has 1 N–H and O–H groups in total. The summed E-state index contributed by atoms with van der Waals surface area (Å²) in [6.07, 6.45) is 3.36. The van der Waals surface area contributed by atoms with Crippen LogP contribution in [0.3, 0.4) is 0 Å². The molecule has 84 valence electrons. The fraction of sp³-hybridized carbons (Fsp3) is 0.364. The van der Waals surface area contributed by atoms with Crippen molar-refractivity contribution in [2.45, 2.75) is 19.5 Å². The average Bonchev–Trinajstić information content (AvgIpc) is 2.73. The second kappa shape index (κ2) is 4.85. The first-order chi connectivity index (χ1) is 7.77. The Morgan fingerprint density at radius 1 is 1.38 bits per heavy atom. The molecule has 0 spiro atoms. The van der Waals surface area contributed by atoms with Crippen molar-refractivity contribution in [3.05, 3.63) is 42.2 Å². The Hall–Kier alpha value is -1.75. The molecule has 0 aliphatic carbocycles. The summed E-state index contributed by atoms with van der Waals surface area (Å²) in [5, 5.41) is 7.37. The summed E-state index contributed by atoms with van der Waals surface area (Å²) in [6, 6.07) is 6.12. The van der Waals surface area contributed by atoms with Gasteiger partial charge >= 0.3 is 0 Å². The lowest BCUT2D eigenvalue weighted by Gasteiger charge is -2.12. The van der Waals surface area contributed by atoms with Crippen molar-refractivity contribution in [2.24, 2.45) is 7.05 Å². The summed E-state index contributed by atoms with van der Waals surface area (Å²) in [5.74, 6) is 0.919. The number of hydrogen-bond acceptors (Lipinski definition) is 4. The molecule has 0 fully saturated rings. The minimum Gasteiger partial charge on any atom is -0.302 e. The molecule has 2 rings (SSSR count). The molecule has 5 nitrogen and oxygen atoms in total. The summed E-state index contributed by atoms with van der Waals surface area (Å²) in [6.45, 7) is 2.77. The standard InChI is InChI=1S/C11H15N5/c1-9(10-5-3-4-6-12-10)13-7-11-14-8-15-16(11)2/h3-6,8-9,13H,7H2,1-2H3. The Kier molecular flexibility index (Phi) is 3.26. The number of pyridine rings is 1. The summed E-state index contributed by atoms with van der Waals surface area (Å²) < 4.78 is 1.76. The molecular weight excluding hydrogens is 202 g/mol. The number of hydrogen-bond donors (Lipinski definition) is 1. The van der Waals surface area contributed by atoms with E-state index in [4.69, 9.17) is 0 Å². The van der Waals surface area contributed by atoms with E-state index in [-0.39, 0.29) is 6.04 Å². The van der Waals surface area contributed by atoms with E-state index in [1.807, 2.05) is 25.2 Å². The third kappa shape index (κ3) is 2.43. The maximum Gasteiger partial charge on any atom is 0.140 e. The molecule has 5 heteroatoms. The molecule has 0 aromatic carbocycles. The highest BCUT2D eigenvalue weighted by Gasteiger charge is 2.07. The first kappa shape index (κ1) is 10.8. The van der Waals surface area contributed by atoms with Crippen molar-refractivity contribution >= 4 is 0 Å². The first-order valence-electron chi connectivity index (χ1n) is 5.24. The van der Waals surface area contributed by atoms with Crippen LogP contribution >= 0.6 is 0 Å². The predicted octanol–water partition coefficient (Wildman–Crippen LogP) is 1.06. The summed E-state index contributed by atoms with van der Waals surface area (Å²) in [4.78, 5) is 8.45. The fourth-order valence-electron chi connectivity index (χ4n) is 1.46. The lowest BCUT2D eigenvalue weighted by atomic mass is 10.2. The quantitative estimate of drug-likeness (QED) is 0.832. The van der Waals surface area contributed by atoms with Crippen molar-refractivity contribution in [2.75, 3.05) is 0 Å². The lowest BCUT2D eigenvalue weighted by molar-refractivity contribution is 0.531. The van der Waals surface area contributed by atoms with Crippen molar-refractivity contribution < 1.29 is 0 Å². The number of nitrogens with one attached hydrogen (secondary N) is 1. The normalized spacial score (nSPS) is 12.6. The van der Waals surface area contributed by atoms with Crippen molar-refractivity contribution in [1.82, 2.24) is 25.1 Å². The monoisotopic (exact) mass is 217 g/mol. The maximum absolute atomic E-state index is 4.30. The Balaban J connectivity index is 1.94. The van der Waals surface area contributed by atoms with Gasteiger partial charge in [0.05, 0.1) is 12.2 Å². The van der Waals surface area contributed by atoms with Crippen LogP contribution < -0.4 is 5.32 Å². The molecule has 2 aromatic heterocycles. The number of nitrogens with zero attached hydrogens (tertiary/aromatic N) is 4. The van der Waals surface area contributed by atoms with Crippen molar-refractivity contribution in [3.8, 4) is 0 Å². The fourth-order valence-corrected chi connectivity index (χ4v) is 1.46. The highest BCUT2D eigenvalue weighted by molar-refractivity contribution is 5.07. The van der Waals surface area contributed by atoms with Gasteiger partial charge in [-0.1, -0.05) is 6.07 Å². The third-order valence-electron chi connectivity index (χ3n) is 2.50. The highest BCUT2D eigenvalue weighted by atomic mass is 15.3. The molecule has 2 heterocycles. The Morgan fingerprint density at radius 2 is 2.25 bits per heavy atom. The van der Waals surface area contributed by atoms with E-state index in [0.29, 0.717) is 6.54 Å². The Morgan fingerprint density at radius 3 is 2.88 bits per heavy atom. The molecule has 0 saturated heterocycles. The minimum atomic E-state index is 0.206. The molecule has 1 unspecified atom stereocenters. The summed E-state index contributed by atoms with van der Waals surface area (Å²) in [5.41, 5.74) is 1.03. The molecule has 0 amide bonds. The van der Waals surface area contributed by atoms with E-state index >= 15 is 0 Å². The van der Waals surface area contributed by atoms with Crippen LogP contribution in [0.5, 0.6) is 0 Å². The van der Waals surface area contributed by atoms with E-state index in [0.717, 1.165) is 11.5 Å². The van der Waals surface area contributed by atoms with E-state index in [9.17, 15) is 0 Å². The zero-order valence-electron chi connectivity index (χ0n) is 9.46. The van der Waals surface area contributed by atoms with E-state index < -0.39 is 0 Å². The van der Waals surface area contributed by atoms with Gasteiger partial charge in [-0.15, -0.1) is 0 Å². The minimum absolute atomic E-state index is 0.206. The molecule has 0 saturated carbocycles.